The summed E-state index contributed by atoms with van der Waals surface area (Å²) in [4.78, 5) is 7.34. The zero-order valence-corrected chi connectivity index (χ0v) is 33.9. The SMILES string of the molecule is C1=CC2c3ccccc3N(c3ccccc3)C2CC1c1ccc(-c2cc(N(c3ccccc3)c3ccccc3)cc(N(c3ccccc3)c3ccccc3)c2)c2ccccc12. The van der Waals surface area contributed by atoms with Gasteiger partial charge in [0.2, 0.25) is 0 Å². The van der Waals surface area contributed by atoms with E-state index >= 15 is 0 Å². The minimum Gasteiger partial charge on any atom is -0.337 e. The second-order valence-electron chi connectivity index (χ2n) is 16.1. The van der Waals surface area contributed by atoms with Crippen molar-refractivity contribution in [2.24, 2.45) is 0 Å². The molecule has 0 radical (unpaired) electrons. The van der Waals surface area contributed by atoms with Gasteiger partial charge in [-0.1, -0.05) is 158 Å². The summed E-state index contributed by atoms with van der Waals surface area (Å²) in [5.74, 6) is 0.620. The molecule has 0 amide bonds. The smallest absolute Gasteiger partial charge is 0.0488 e. The van der Waals surface area contributed by atoms with Gasteiger partial charge in [0.25, 0.3) is 0 Å². The molecule has 0 fully saturated rings. The average Bonchev–Trinajstić information content (AvgIpc) is 3.67. The Balaban J connectivity index is 1.07. The molecule has 1 aliphatic carbocycles. The molecule has 0 saturated heterocycles. The number of para-hydroxylation sites is 6. The Morgan fingerprint density at radius 3 is 1.41 bits per heavy atom. The van der Waals surface area contributed by atoms with Gasteiger partial charge in [0.15, 0.2) is 0 Å². The summed E-state index contributed by atoms with van der Waals surface area (Å²) in [6.07, 6.45) is 6.00. The normalized spacial score (nSPS) is 16.5. The molecule has 3 heteroatoms. The van der Waals surface area contributed by atoms with Crippen molar-refractivity contribution in [1.82, 2.24) is 0 Å². The highest BCUT2D eigenvalue weighted by Gasteiger charge is 2.41. The topological polar surface area (TPSA) is 9.72 Å². The largest absolute Gasteiger partial charge is 0.337 e. The van der Waals surface area contributed by atoms with Crippen LogP contribution in [0, 0.1) is 0 Å². The molecule has 2 aliphatic rings. The Bertz CT molecular complexity index is 2790. The maximum absolute atomic E-state index is 2.59. The summed E-state index contributed by atoms with van der Waals surface area (Å²) >= 11 is 0. The Kier molecular flexibility index (Phi) is 9.48. The molecule has 9 aromatic rings. The molecule has 1 heterocycles. The van der Waals surface area contributed by atoms with E-state index in [0.29, 0.717) is 12.0 Å². The molecular formula is C58H45N3. The summed E-state index contributed by atoms with van der Waals surface area (Å²) in [7, 11) is 0. The molecule has 9 aromatic carbocycles. The standard InChI is InChI=1S/C58H45N3/c1-6-20-44(21-7-1)59(45-22-8-2-9-23-45)49-38-43(39-50(41-49)60(46-24-10-3-11-25-46)47-26-12-4-13-27-47)52-37-36-51(53-30-16-17-31-54(52)53)42-34-35-56-55-32-18-19-33-57(55)61(58(56)40-42)48-28-14-5-15-29-48/h1-39,41-42,56,58H,40H2. The van der Waals surface area contributed by atoms with Crippen molar-refractivity contribution in [3.8, 4) is 11.1 Å². The Labute approximate surface area is 358 Å². The van der Waals surface area contributed by atoms with Crippen LogP contribution in [0.2, 0.25) is 0 Å². The quantitative estimate of drug-likeness (QED) is 0.135. The second-order valence-corrected chi connectivity index (χ2v) is 16.1. The van der Waals surface area contributed by atoms with Gasteiger partial charge in [-0.2, -0.15) is 0 Å². The van der Waals surface area contributed by atoms with Gasteiger partial charge in [-0.15, -0.1) is 0 Å². The molecular weight excluding hydrogens is 739 g/mol. The molecule has 3 atom stereocenters. The first-order chi connectivity index (χ1) is 30.3. The van der Waals surface area contributed by atoms with Gasteiger partial charge >= 0.3 is 0 Å². The zero-order chi connectivity index (χ0) is 40.5. The molecule has 3 unspecified atom stereocenters. The molecule has 3 nitrogen and oxygen atoms in total. The lowest BCUT2D eigenvalue weighted by Crippen LogP contribution is -2.33. The highest BCUT2D eigenvalue weighted by molar-refractivity contribution is 6.01. The van der Waals surface area contributed by atoms with Crippen LogP contribution in [0.5, 0.6) is 0 Å². The number of fused-ring (bicyclic) bond motifs is 4. The summed E-state index contributed by atoms with van der Waals surface area (Å²) in [5.41, 5.74) is 14.3. The summed E-state index contributed by atoms with van der Waals surface area (Å²) in [6.45, 7) is 0. The van der Waals surface area contributed by atoms with Crippen molar-refractivity contribution in [2.45, 2.75) is 24.3 Å². The third-order valence-corrected chi connectivity index (χ3v) is 12.5. The van der Waals surface area contributed by atoms with E-state index in [1.807, 2.05) is 0 Å². The van der Waals surface area contributed by atoms with Gasteiger partial charge in [-0.3, -0.25) is 0 Å². The third kappa shape index (κ3) is 6.75. The first kappa shape index (κ1) is 36.5. The Morgan fingerprint density at radius 2 is 0.852 bits per heavy atom. The van der Waals surface area contributed by atoms with Gasteiger partial charge in [0.1, 0.15) is 0 Å². The van der Waals surface area contributed by atoms with Crippen LogP contribution in [0.4, 0.5) is 45.5 Å². The van der Waals surface area contributed by atoms with E-state index < -0.39 is 0 Å². The number of anilines is 8. The predicted molar refractivity (Wildman–Crippen MR) is 257 cm³/mol. The zero-order valence-electron chi connectivity index (χ0n) is 33.9. The molecule has 1 aliphatic heterocycles. The minimum absolute atomic E-state index is 0.265. The van der Waals surface area contributed by atoms with E-state index in [9.17, 15) is 0 Å². The molecule has 11 rings (SSSR count). The van der Waals surface area contributed by atoms with Gasteiger partial charge in [0.05, 0.1) is 0 Å². The van der Waals surface area contributed by atoms with Gasteiger partial charge in [-0.25, -0.2) is 0 Å². The van der Waals surface area contributed by atoms with E-state index in [4.69, 9.17) is 0 Å². The minimum atomic E-state index is 0.265. The van der Waals surface area contributed by atoms with Crippen LogP contribution in [0.15, 0.2) is 243 Å². The summed E-state index contributed by atoms with van der Waals surface area (Å²) < 4.78 is 0. The van der Waals surface area contributed by atoms with Crippen molar-refractivity contribution in [2.75, 3.05) is 14.7 Å². The Hall–Kier alpha value is -7.62. The maximum atomic E-state index is 2.59. The number of hydrogen-bond acceptors (Lipinski definition) is 3. The maximum Gasteiger partial charge on any atom is 0.0488 e. The summed E-state index contributed by atoms with van der Waals surface area (Å²) in [5, 5.41) is 2.55. The van der Waals surface area contributed by atoms with Gasteiger partial charge in [-0.05, 0) is 124 Å². The van der Waals surface area contributed by atoms with Crippen molar-refractivity contribution in [3.05, 3.63) is 254 Å². The van der Waals surface area contributed by atoms with E-state index in [-0.39, 0.29) is 5.92 Å². The molecule has 0 saturated carbocycles. The molecule has 0 bridgehead atoms. The average molecular weight is 784 g/mol. The molecule has 0 N–H and O–H groups in total. The van der Waals surface area contributed by atoms with E-state index in [0.717, 1.165) is 46.1 Å². The summed E-state index contributed by atoms with van der Waals surface area (Å²) in [6, 6.07) is 84.0. The number of benzene rings is 9. The van der Waals surface area contributed by atoms with E-state index in [1.54, 1.807) is 0 Å². The van der Waals surface area contributed by atoms with Crippen LogP contribution in [-0.4, -0.2) is 6.04 Å². The molecule has 0 spiro atoms. The molecule has 61 heavy (non-hydrogen) atoms. The fraction of sp³-hybridized carbons (Fsp3) is 0.0690. The van der Waals surface area contributed by atoms with Crippen LogP contribution in [0.3, 0.4) is 0 Å². The van der Waals surface area contributed by atoms with Crippen molar-refractivity contribution < 1.29 is 0 Å². The number of hydrogen-bond donors (Lipinski definition) is 0. The first-order valence-electron chi connectivity index (χ1n) is 21.4. The predicted octanol–water partition coefficient (Wildman–Crippen LogP) is 15.8. The van der Waals surface area contributed by atoms with Crippen LogP contribution in [0.25, 0.3) is 21.9 Å². The first-order valence-corrected chi connectivity index (χ1v) is 21.4. The fourth-order valence-corrected chi connectivity index (χ4v) is 9.87. The third-order valence-electron chi connectivity index (χ3n) is 12.5. The van der Waals surface area contributed by atoms with E-state index in [2.05, 4.69) is 257 Å². The van der Waals surface area contributed by atoms with Gasteiger partial charge < -0.3 is 14.7 Å². The lowest BCUT2D eigenvalue weighted by atomic mass is 9.78. The number of nitrogens with zero attached hydrogens (tertiary/aromatic N) is 3. The van der Waals surface area contributed by atoms with Crippen LogP contribution < -0.4 is 14.7 Å². The van der Waals surface area contributed by atoms with Crippen LogP contribution in [0.1, 0.15) is 29.4 Å². The number of rotatable bonds is 9. The van der Waals surface area contributed by atoms with Crippen molar-refractivity contribution >= 4 is 56.3 Å². The number of allylic oxidation sites excluding steroid dienone is 1. The highest BCUT2D eigenvalue weighted by atomic mass is 15.2. The van der Waals surface area contributed by atoms with Crippen molar-refractivity contribution in [3.63, 3.8) is 0 Å². The van der Waals surface area contributed by atoms with Crippen molar-refractivity contribution in [1.29, 1.82) is 0 Å². The van der Waals surface area contributed by atoms with E-state index in [1.165, 1.54) is 38.8 Å². The fourth-order valence-electron chi connectivity index (χ4n) is 9.87. The van der Waals surface area contributed by atoms with Gasteiger partial charge in [0, 0.05) is 63.4 Å². The lowest BCUT2D eigenvalue weighted by molar-refractivity contribution is 0.528. The monoisotopic (exact) mass is 783 g/mol. The lowest BCUT2D eigenvalue weighted by Gasteiger charge is -2.35. The molecule has 0 aromatic heterocycles. The van der Waals surface area contributed by atoms with Crippen LogP contribution in [-0.2, 0) is 0 Å². The second kappa shape index (κ2) is 15.9. The van der Waals surface area contributed by atoms with Crippen LogP contribution >= 0.6 is 0 Å². The Morgan fingerprint density at radius 1 is 0.377 bits per heavy atom. The highest BCUT2D eigenvalue weighted by Crippen LogP contribution is 2.52. The molecule has 292 valence electrons.